The van der Waals surface area contributed by atoms with Gasteiger partial charge in [0.15, 0.2) is 0 Å². The molecule has 0 saturated heterocycles. The van der Waals surface area contributed by atoms with Gasteiger partial charge in [-0.1, -0.05) is 90.1 Å². The summed E-state index contributed by atoms with van der Waals surface area (Å²) in [5.74, 6) is -0.831. The predicted molar refractivity (Wildman–Crippen MR) is 162 cm³/mol. The Labute approximate surface area is 252 Å². The molecule has 0 heterocycles. The SMILES string of the molecule is Cc1ccc(S(=O)(=O)N(C)CC(=O)N(Cc2c(Cl)cccc2Cl)[C@@H](Cc2ccccc2)C(=O)NC2CCCC2)cc1. The molecule has 0 unspecified atom stereocenters. The fraction of sp³-hybridized carbons (Fsp3) is 0.355. The molecule has 4 rings (SSSR count). The quantitative estimate of drug-likeness (QED) is 0.303. The highest BCUT2D eigenvalue weighted by molar-refractivity contribution is 7.89. The first-order chi connectivity index (χ1) is 19.6. The number of hydrogen-bond donors (Lipinski definition) is 1. The van der Waals surface area contributed by atoms with Crippen molar-refractivity contribution in [3.8, 4) is 0 Å². The Morgan fingerprint density at radius 2 is 1.54 bits per heavy atom. The number of rotatable bonds is 11. The summed E-state index contributed by atoms with van der Waals surface area (Å²) in [4.78, 5) is 29.4. The second-order valence-corrected chi connectivity index (χ2v) is 13.4. The lowest BCUT2D eigenvalue weighted by Gasteiger charge is -2.33. The molecule has 0 aromatic heterocycles. The van der Waals surface area contributed by atoms with Crippen molar-refractivity contribution in [2.24, 2.45) is 0 Å². The molecule has 218 valence electrons. The molecule has 1 aliphatic rings. The number of carbonyl (C=O) groups excluding carboxylic acids is 2. The third-order valence-corrected chi connectivity index (χ3v) is 9.98. The smallest absolute Gasteiger partial charge is 0.243 e. The highest BCUT2D eigenvalue weighted by Gasteiger charge is 2.34. The van der Waals surface area contributed by atoms with Crippen molar-refractivity contribution in [3.05, 3.63) is 99.5 Å². The Bertz CT molecular complexity index is 1440. The molecular weight excluding hydrogens is 581 g/mol. The molecule has 7 nitrogen and oxygen atoms in total. The Morgan fingerprint density at radius 3 is 2.15 bits per heavy atom. The summed E-state index contributed by atoms with van der Waals surface area (Å²) in [7, 11) is -2.60. The minimum atomic E-state index is -3.96. The van der Waals surface area contributed by atoms with Gasteiger partial charge in [0, 0.05) is 41.7 Å². The summed E-state index contributed by atoms with van der Waals surface area (Å²) in [5.41, 5.74) is 2.27. The van der Waals surface area contributed by atoms with Crippen LogP contribution in [0.3, 0.4) is 0 Å². The number of sulfonamides is 1. The Morgan fingerprint density at radius 1 is 0.927 bits per heavy atom. The van der Waals surface area contributed by atoms with Gasteiger partial charge in [-0.05, 0) is 49.6 Å². The van der Waals surface area contributed by atoms with E-state index in [0.29, 0.717) is 15.6 Å². The maximum Gasteiger partial charge on any atom is 0.243 e. The average molecular weight is 617 g/mol. The Hall–Kier alpha value is -2.91. The highest BCUT2D eigenvalue weighted by atomic mass is 35.5. The molecule has 1 atom stereocenters. The van der Waals surface area contributed by atoms with Crippen LogP contribution in [0.25, 0.3) is 0 Å². The van der Waals surface area contributed by atoms with E-state index in [0.717, 1.165) is 41.1 Å². The van der Waals surface area contributed by atoms with E-state index in [4.69, 9.17) is 23.2 Å². The van der Waals surface area contributed by atoms with Crippen LogP contribution in [0.5, 0.6) is 0 Å². The number of hydrogen-bond acceptors (Lipinski definition) is 4. The second-order valence-electron chi connectivity index (χ2n) is 10.5. The predicted octanol–water partition coefficient (Wildman–Crippen LogP) is 5.62. The van der Waals surface area contributed by atoms with E-state index in [9.17, 15) is 18.0 Å². The number of halogens is 2. The summed E-state index contributed by atoms with van der Waals surface area (Å²) in [6, 6.07) is 20.0. The molecule has 0 bridgehead atoms. The van der Waals surface area contributed by atoms with Gasteiger partial charge < -0.3 is 10.2 Å². The maximum absolute atomic E-state index is 14.0. The summed E-state index contributed by atoms with van der Waals surface area (Å²) >= 11 is 13.0. The minimum absolute atomic E-state index is 0.0335. The standard InChI is InChI=1S/C31H35Cl2N3O4S/c1-22-15-17-25(18-16-22)41(39,40)35(2)21-30(37)36(20-26-27(32)13-8-14-28(26)33)29(19-23-9-4-3-5-10-23)31(38)34-24-11-6-7-12-24/h3-5,8-10,13-18,24,29H,6-7,11-12,19-21H2,1-2H3,(H,34,38)/t29-/m0/s1. The minimum Gasteiger partial charge on any atom is -0.352 e. The summed E-state index contributed by atoms with van der Waals surface area (Å²) in [6.45, 7) is 1.33. The fourth-order valence-corrected chi connectivity index (χ4v) is 6.67. The second kappa shape index (κ2) is 13.8. The monoisotopic (exact) mass is 615 g/mol. The molecule has 3 aromatic rings. The molecular formula is C31H35Cl2N3O4S. The van der Waals surface area contributed by atoms with Crippen LogP contribution in [-0.2, 0) is 32.6 Å². The van der Waals surface area contributed by atoms with Crippen LogP contribution in [-0.4, -0.2) is 55.1 Å². The maximum atomic E-state index is 14.0. The summed E-state index contributed by atoms with van der Waals surface area (Å²) in [5, 5.41) is 3.84. The number of amides is 2. The first-order valence-corrected chi connectivity index (χ1v) is 15.9. The Kier molecular flexibility index (Phi) is 10.5. The van der Waals surface area contributed by atoms with E-state index in [1.54, 1.807) is 30.3 Å². The van der Waals surface area contributed by atoms with Gasteiger partial charge in [0.25, 0.3) is 0 Å². The van der Waals surface area contributed by atoms with Crippen molar-refractivity contribution in [2.45, 2.75) is 62.6 Å². The van der Waals surface area contributed by atoms with Crippen LogP contribution in [0.2, 0.25) is 10.0 Å². The van der Waals surface area contributed by atoms with E-state index < -0.39 is 28.5 Å². The zero-order chi connectivity index (χ0) is 29.6. The Balaban J connectivity index is 1.69. The number of likely N-dealkylation sites (N-methyl/N-ethyl adjacent to an activating group) is 1. The van der Waals surface area contributed by atoms with Crippen LogP contribution < -0.4 is 5.32 Å². The molecule has 0 spiro atoms. The van der Waals surface area contributed by atoms with E-state index >= 15 is 0 Å². The van der Waals surface area contributed by atoms with E-state index in [1.807, 2.05) is 37.3 Å². The molecule has 1 saturated carbocycles. The van der Waals surface area contributed by atoms with Gasteiger partial charge in [-0.2, -0.15) is 4.31 Å². The average Bonchev–Trinajstić information content (AvgIpc) is 3.45. The van der Waals surface area contributed by atoms with Crippen LogP contribution in [0.15, 0.2) is 77.7 Å². The molecule has 0 radical (unpaired) electrons. The highest BCUT2D eigenvalue weighted by Crippen LogP contribution is 2.28. The van der Waals surface area contributed by atoms with Crippen LogP contribution in [0.1, 0.15) is 42.4 Å². The van der Waals surface area contributed by atoms with Gasteiger partial charge in [0.1, 0.15) is 6.04 Å². The first-order valence-electron chi connectivity index (χ1n) is 13.7. The van der Waals surface area contributed by atoms with Crippen molar-refractivity contribution in [1.29, 1.82) is 0 Å². The van der Waals surface area contributed by atoms with Gasteiger partial charge in [-0.3, -0.25) is 9.59 Å². The van der Waals surface area contributed by atoms with Crippen LogP contribution >= 0.6 is 23.2 Å². The summed E-state index contributed by atoms with van der Waals surface area (Å²) in [6.07, 6.45) is 4.07. The molecule has 1 fully saturated rings. The normalized spacial score (nSPS) is 14.7. The number of aryl methyl sites for hydroxylation is 1. The van der Waals surface area contributed by atoms with Gasteiger partial charge >= 0.3 is 0 Å². The van der Waals surface area contributed by atoms with Crippen molar-refractivity contribution in [2.75, 3.05) is 13.6 Å². The first kappa shape index (κ1) is 31.0. The lowest BCUT2D eigenvalue weighted by atomic mass is 10.0. The molecule has 41 heavy (non-hydrogen) atoms. The largest absolute Gasteiger partial charge is 0.352 e. The fourth-order valence-electron chi connectivity index (χ4n) is 5.03. The van der Waals surface area contributed by atoms with E-state index in [1.165, 1.54) is 24.1 Å². The number of benzene rings is 3. The summed E-state index contributed by atoms with van der Waals surface area (Å²) < 4.78 is 27.7. The number of nitrogens with one attached hydrogen (secondary N) is 1. The molecule has 2 amide bonds. The van der Waals surface area contributed by atoms with Gasteiger partial charge in [-0.15, -0.1) is 0 Å². The lowest BCUT2D eigenvalue weighted by Crippen LogP contribution is -2.54. The van der Waals surface area contributed by atoms with E-state index in [-0.39, 0.29) is 29.8 Å². The van der Waals surface area contributed by atoms with Crippen molar-refractivity contribution < 1.29 is 18.0 Å². The van der Waals surface area contributed by atoms with Crippen molar-refractivity contribution in [3.63, 3.8) is 0 Å². The third kappa shape index (κ3) is 7.89. The number of carbonyl (C=O) groups is 2. The molecule has 1 aliphatic carbocycles. The zero-order valence-corrected chi connectivity index (χ0v) is 25.6. The molecule has 1 N–H and O–H groups in total. The molecule has 3 aromatic carbocycles. The van der Waals surface area contributed by atoms with Gasteiger partial charge in [0.05, 0.1) is 11.4 Å². The van der Waals surface area contributed by atoms with Crippen LogP contribution in [0.4, 0.5) is 0 Å². The molecule has 10 heteroatoms. The van der Waals surface area contributed by atoms with Crippen molar-refractivity contribution in [1.82, 2.24) is 14.5 Å². The topological polar surface area (TPSA) is 86.8 Å². The zero-order valence-electron chi connectivity index (χ0n) is 23.2. The van der Waals surface area contributed by atoms with Gasteiger partial charge in [0.2, 0.25) is 21.8 Å². The molecule has 0 aliphatic heterocycles. The van der Waals surface area contributed by atoms with Crippen molar-refractivity contribution >= 4 is 45.0 Å². The number of nitrogens with zero attached hydrogens (tertiary/aromatic N) is 2. The van der Waals surface area contributed by atoms with E-state index in [2.05, 4.69) is 5.32 Å². The third-order valence-electron chi connectivity index (χ3n) is 7.45. The lowest BCUT2D eigenvalue weighted by molar-refractivity contribution is -0.141. The van der Waals surface area contributed by atoms with Crippen LogP contribution in [0, 0.1) is 6.92 Å². The van der Waals surface area contributed by atoms with Gasteiger partial charge in [-0.25, -0.2) is 8.42 Å².